The van der Waals surface area contributed by atoms with E-state index in [2.05, 4.69) is 35.5 Å². The molecule has 1 aromatic heterocycles. The highest BCUT2D eigenvalue weighted by molar-refractivity contribution is 7.92. The van der Waals surface area contributed by atoms with E-state index < -0.39 is 15.6 Å². The first-order valence-corrected chi connectivity index (χ1v) is 17.1. The molecule has 1 N–H and O–H groups in total. The van der Waals surface area contributed by atoms with E-state index in [1.54, 1.807) is 30.1 Å². The fourth-order valence-corrected chi connectivity index (χ4v) is 8.04. The van der Waals surface area contributed by atoms with Gasteiger partial charge in [0.05, 0.1) is 28.8 Å². The summed E-state index contributed by atoms with van der Waals surface area (Å²) in [6.45, 7) is 10.7. The van der Waals surface area contributed by atoms with Gasteiger partial charge in [0.1, 0.15) is 6.61 Å². The van der Waals surface area contributed by atoms with E-state index in [0.29, 0.717) is 38.0 Å². The maximum atomic E-state index is 14.5. The number of cyclic esters (lactones) is 1. The predicted molar refractivity (Wildman–Crippen MR) is 175 cm³/mol. The minimum Gasteiger partial charge on any atom is -0.475 e. The third-order valence-electron chi connectivity index (χ3n) is 9.36. The number of carbonyl (C=O) groups excluding carboxylic acids is 2. The largest absolute Gasteiger partial charge is 0.475 e. The molecule has 2 amide bonds. The summed E-state index contributed by atoms with van der Waals surface area (Å²) in [5, 5.41) is 0. The average Bonchev–Trinajstić information content (AvgIpc) is 2.96. The smallest absolute Gasteiger partial charge is 0.409 e. The number of sulfonamides is 1. The minimum atomic E-state index is -4.17. The van der Waals surface area contributed by atoms with E-state index in [1.165, 1.54) is 12.1 Å². The van der Waals surface area contributed by atoms with Gasteiger partial charge in [0.25, 0.3) is 15.9 Å². The molecule has 1 aliphatic carbocycles. The van der Waals surface area contributed by atoms with E-state index in [4.69, 9.17) is 9.47 Å². The van der Waals surface area contributed by atoms with Crippen molar-refractivity contribution in [3.63, 3.8) is 0 Å². The number of hydrogen-bond acceptors (Lipinski definition) is 8. The zero-order valence-electron chi connectivity index (χ0n) is 27.2. The molecule has 0 unspecified atom stereocenters. The molecule has 6 rings (SSSR count). The SMILES string of the molecule is Cc1cccc(C)c1-c1cc2nc(n1)NS(=O)(=O)c1cccc(c1)C(=O)N(C1CC3(CCOC(=O)N3C)C1)[C@H](CC(C)(C)C)CO2.[HH]. The lowest BCUT2D eigenvalue weighted by molar-refractivity contribution is -0.0785. The number of anilines is 1. The highest BCUT2D eigenvalue weighted by Gasteiger charge is 2.55. The van der Waals surface area contributed by atoms with Gasteiger partial charge in [-0.2, -0.15) is 4.98 Å². The second kappa shape index (κ2) is 11.6. The molecule has 3 heterocycles. The fraction of sp³-hybridized carbons (Fsp3) is 0.471. The van der Waals surface area contributed by atoms with E-state index in [-0.39, 0.29) is 59.8 Å². The van der Waals surface area contributed by atoms with Gasteiger partial charge in [-0.25, -0.2) is 22.9 Å². The molecule has 1 saturated heterocycles. The second-order valence-electron chi connectivity index (χ2n) is 14.0. The van der Waals surface area contributed by atoms with Gasteiger partial charge in [-0.15, -0.1) is 0 Å². The summed E-state index contributed by atoms with van der Waals surface area (Å²) in [7, 11) is -2.42. The van der Waals surface area contributed by atoms with Crippen molar-refractivity contribution in [1.29, 1.82) is 0 Å². The van der Waals surface area contributed by atoms with Crippen molar-refractivity contribution in [2.75, 3.05) is 25.0 Å². The molecule has 0 radical (unpaired) electrons. The number of rotatable bonds is 3. The van der Waals surface area contributed by atoms with Crippen LogP contribution in [0, 0.1) is 19.3 Å². The van der Waals surface area contributed by atoms with Crippen molar-refractivity contribution in [2.24, 2.45) is 5.41 Å². The first kappa shape index (κ1) is 31.8. The molecular weight excluding hydrogens is 606 g/mol. The van der Waals surface area contributed by atoms with Crippen molar-refractivity contribution < 1.29 is 28.9 Å². The summed E-state index contributed by atoms with van der Waals surface area (Å²) in [6, 6.07) is 13.1. The first-order chi connectivity index (χ1) is 21.7. The molecule has 46 heavy (non-hydrogen) atoms. The summed E-state index contributed by atoms with van der Waals surface area (Å²) >= 11 is 0. The average molecular weight is 650 g/mol. The number of ether oxygens (including phenoxy) is 2. The Morgan fingerprint density at radius 2 is 1.72 bits per heavy atom. The van der Waals surface area contributed by atoms with Gasteiger partial charge in [-0.3, -0.25) is 4.79 Å². The molecule has 12 heteroatoms. The van der Waals surface area contributed by atoms with Gasteiger partial charge < -0.3 is 19.3 Å². The Morgan fingerprint density at radius 1 is 1.02 bits per heavy atom. The monoisotopic (exact) mass is 649 g/mol. The molecular formula is C34H43N5O6S. The number of fused-ring (bicyclic) bond motifs is 4. The van der Waals surface area contributed by atoms with Crippen molar-refractivity contribution in [3.8, 4) is 17.1 Å². The Kier molecular flexibility index (Phi) is 7.98. The van der Waals surface area contributed by atoms with E-state index in [0.717, 1.165) is 16.7 Å². The summed E-state index contributed by atoms with van der Waals surface area (Å²) in [5.74, 6) is -0.213. The van der Waals surface area contributed by atoms with Crippen LogP contribution in [-0.2, 0) is 14.8 Å². The number of benzene rings is 2. The highest BCUT2D eigenvalue weighted by atomic mass is 32.2. The molecule has 1 spiro atoms. The lowest BCUT2D eigenvalue weighted by Crippen LogP contribution is -2.68. The third-order valence-corrected chi connectivity index (χ3v) is 10.7. The maximum Gasteiger partial charge on any atom is 0.409 e. The second-order valence-corrected chi connectivity index (χ2v) is 15.6. The van der Waals surface area contributed by atoms with Crippen LogP contribution in [0.4, 0.5) is 10.7 Å². The fourth-order valence-electron chi connectivity index (χ4n) is 7.05. The Bertz CT molecular complexity index is 1780. The van der Waals surface area contributed by atoms with Crippen molar-refractivity contribution in [1.82, 2.24) is 19.8 Å². The van der Waals surface area contributed by atoms with Gasteiger partial charge in [-0.1, -0.05) is 45.0 Å². The summed E-state index contributed by atoms with van der Waals surface area (Å²) in [4.78, 5) is 39.5. The Labute approximate surface area is 271 Å². The van der Waals surface area contributed by atoms with Crippen molar-refractivity contribution in [2.45, 2.75) is 82.8 Å². The summed E-state index contributed by atoms with van der Waals surface area (Å²) in [6.07, 6.45) is 2.09. The van der Waals surface area contributed by atoms with Crippen LogP contribution in [0.1, 0.15) is 69.4 Å². The molecule has 1 saturated carbocycles. The van der Waals surface area contributed by atoms with Gasteiger partial charge in [-0.05, 0) is 67.9 Å². The molecule has 11 nitrogen and oxygen atoms in total. The number of carbonyl (C=O) groups is 2. The molecule has 3 aromatic rings. The van der Waals surface area contributed by atoms with Crippen molar-refractivity contribution >= 4 is 28.0 Å². The number of aryl methyl sites for hydroxylation is 2. The lowest BCUT2D eigenvalue weighted by atomic mass is 9.67. The van der Waals surface area contributed by atoms with Crippen LogP contribution in [0.25, 0.3) is 11.3 Å². The van der Waals surface area contributed by atoms with Crippen LogP contribution in [0.3, 0.4) is 0 Å². The summed E-state index contributed by atoms with van der Waals surface area (Å²) in [5.41, 5.74) is 3.01. The molecule has 2 fully saturated rings. The van der Waals surface area contributed by atoms with Crippen LogP contribution in [0.2, 0.25) is 0 Å². The number of nitrogens with zero attached hydrogens (tertiary/aromatic N) is 4. The topological polar surface area (TPSA) is 131 Å². The number of aromatic nitrogens is 2. The third kappa shape index (κ3) is 6.02. The van der Waals surface area contributed by atoms with E-state index in [9.17, 15) is 18.0 Å². The molecule has 2 aromatic carbocycles. The van der Waals surface area contributed by atoms with E-state index in [1.807, 2.05) is 36.9 Å². The number of nitrogens with one attached hydrogen (secondary N) is 1. The zero-order chi connectivity index (χ0) is 33.0. The molecule has 4 bridgehead atoms. The Hall–Kier alpha value is -4.19. The molecule has 2 aliphatic heterocycles. The minimum absolute atomic E-state index is 0. The Morgan fingerprint density at radius 3 is 2.41 bits per heavy atom. The lowest BCUT2D eigenvalue weighted by Gasteiger charge is -2.58. The first-order valence-electron chi connectivity index (χ1n) is 15.6. The standard InChI is InChI=1S/C34H41N5O6S.H2/c1-21-9-7-10-22(2)29(21)27-16-28-36-31(35-27)37-46(42,43)26-12-8-11-23(15-26)30(40)39(25(20-45-28)17-33(3,4)5)24-18-34(19-24)13-14-44-32(41)38(34)6;/h7-12,15-16,24-25H,13-14,17-20H2,1-6H3,(H,35,36,37);1H/t24?,25-,34?;/m1./s1. The number of hydrogen-bond donors (Lipinski definition) is 1. The van der Waals surface area contributed by atoms with Crippen molar-refractivity contribution in [3.05, 3.63) is 65.2 Å². The molecule has 1 atom stereocenters. The highest BCUT2D eigenvalue weighted by Crippen LogP contribution is 2.46. The van der Waals surface area contributed by atoms with Crippen LogP contribution in [-0.4, -0.2) is 78.1 Å². The summed E-state index contributed by atoms with van der Waals surface area (Å²) < 4.78 is 41.5. The number of amides is 2. The van der Waals surface area contributed by atoms with E-state index >= 15 is 0 Å². The van der Waals surface area contributed by atoms with Gasteiger partial charge in [0, 0.05) is 38.1 Å². The predicted octanol–water partition coefficient (Wildman–Crippen LogP) is 5.82. The van der Waals surface area contributed by atoms with Gasteiger partial charge in [0.2, 0.25) is 11.8 Å². The van der Waals surface area contributed by atoms with Gasteiger partial charge in [0.15, 0.2) is 0 Å². The Balaban J connectivity index is 0.00000433. The van der Waals surface area contributed by atoms with Crippen LogP contribution < -0.4 is 9.46 Å². The molecule has 246 valence electrons. The normalized spacial score (nSPS) is 24.5. The van der Waals surface area contributed by atoms with Crippen LogP contribution >= 0.6 is 0 Å². The van der Waals surface area contributed by atoms with Crippen LogP contribution in [0.15, 0.2) is 53.4 Å². The molecule has 3 aliphatic rings. The van der Waals surface area contributed by atoms with Crippen LogP contribution in [0.5, 0.6) is 5.88 Å². The van der Waals surface area contributed by atoms with Gasteiger partial charge >= 0.3 is 6.09 Å². The zero-order valence-corrected chi connectivity index (χ0v) is 28.0. The quantitative estimate of drug-likeness (QED) is 0.376. The maximum absolute atomic E-state index is 14.5.